The molecule has 0 saturated heterocycles. The van der Waals surface area contributed by atoms with E-state index in [0.717, 1.165) is 11.8 Å². The van der Waals surface area contributed by atoms with Crippen molar-refractivity contribution in [3.63, 3.8) is 0 Å². The van der Waals surface area contributed by atoms with Gasteiger partial charge in [-0.1, -0.05) is 11.8 Å². The van der Waals surface area contributed by atoms with Crippen LogP contribution < -0.4 is 0 Å². The van der Waals surface area contributed by atoms with Gasteiger partial charge in [-0.3, -0.25) is 5.41 Å². The number of thioether (sulfide) groups is 1. The standard InChI is InChI=1S/C4H8INOS/c1-4(2,7)8-3(5)6/h6-7H,1-2H3. The Bertz CT molecular complexity index is 98.7. The van der Waals surface area contributed by atoms with Crippen LogP contribution in [-0.4, -0.2) is 13.1 Å². The Balaban J connectivity index is 3.55. The van der Waals surface area contributed by atoms with E-state index in [1.165, 1.54) is 0 Å². The molecular weight excluding hydrogens is 237 g/mol. The highest BCUT2D eigenvalue weighted by Gasteiger charge is 2.13. The van der Waals surface area contributed by atoms with Crippen molar-refractivity contribution < 1.29 is 5.11 Å². The number of aliphatic hydroxyl groups is 1. The van der Waals surface area contributed by atoms with Crippen LogP contribution in [0.25, 0.3) is 0 Å². The minimum Gasteiger partial charge on any atom is -0.380 e. The molecule has 0 aliphatic rings. The zero-order valence-electron chi connectivity index (χ0n) is 4.73. The quantitative estimate of drug-likeness (QED) is 0.320. The van der Waals surface area contributed by atoms with Crippen molar-refractivity contribution in [1.29, 1.82) is 5.41 Å². The maximum atomic E-state index is 9.01. The van der Waals surface area contributed by atoms with Gasteiger partial charge in [0.25, 0.3) is 0 Å². The Morgan fingerprint density at radius 1 is 1.75 bits per heavy atom. The lowest BCUT2D eigenvalue weighted by atomic mass is 10.5. The molecule has 2 nitrogen and oxygen atoms in total. The van der Waals surface area contributed by atoms with E-state index in [-0.39, 0.29) is 0 Å². The first-order valence-corrected chi connectivity index (χ1v) is 3.97. The maximum Gasteiger partial charge on any atom is 0.128 e. The third-order valence-electron chi connectivity index (χ3n) is 0.339. The summed E-state index contributed by atoms with van der Waals surface area (Å²) in [6.45, 7) is 3.32. The van der Waals surface area contributed by atoms with Crippen LogP contribution in [0.5, 0.6) is 0 Å². The molecule has 0 bridgehead atoms. The molecule has 0 atom stereocenters. The largest absolute Gasteiger partial charge is 0.380 e. The first kappa shape index (κ1) is 8.71. The molecular formula is C4H8INOS. The van der Waals surface area contributed by atoms with E-state index >= 15 is 0 Å². The molecule has 0 aliphatic heterocycles. The summed E-state index contributed by atoms with van der Waals surface area (Å²) in [4.78, 5) is -0.793. The van der Waals surface area contributed by atoms with E-state index in [4.69, 9.17) is 10.5 Å². The minimum absolute atomic E-state index is 0.412. The number of nitrogens with one attached hydrogen (secondary N) is 1. The Kier molecular flexibility index (Phi) is 3.29. The molecule has 0 aromatic carbocycles. The predicted molar refractivity (Wildman–Crippen MR) is 45.6 cm³/mol. The molecule has 0 aromatic rings. The van der Waals surface area contributed by atoms with E-state index in [1.807, 2.05) is 22.6 Å². The van der Waals surface area contributed by atoms with Crippen molar-refractivity contribution in [2.24, 2.45) is 0 Å². The van der Waals surface area contributed by atoms with Gasteiger partial charge >= 0.3 is 0 Å². The van der Waals surface area contributed by atoms with E-state index in [1.54, 1.807) is 13.8 Å². The van der Waals surface area contributed by atoms with Gasteiger partial charge in [-0.15, -0.1) is 0 Å². The van der Waals surface area contributed by atoms with Crippen LogP contribution in [0.4, 0.5) is 0 Å². The molecule has 0 aliphatic carbocycles. The molecule has 4 heteroatoms. The molecule has 0 saturated carbocycles. The smallest absolute Gasteiger partial charge is 0.128 e. The van der Waals surface area contributed by atoms with Crippen molar-refractivity contribution in [1.82, 2.24) is 0 Å². The van der Waals surface area contributed by atoms with E-state index in [2.05, 4.69) is 0 Å². The van der Waals surface area contributed by atoms with E-state index in [0.29, 0.717) is 3.05 Å². The van der Waals surface area contributed by atoms with Crippen molar-refractivity contribution in [2.45, 2.75) is 18.8 Å². The van der Waals surface area contributed by atoms with Gasteiger partial charge in [0.1, 0.15) is 7.98 Å². The van der Waals surface area contributed by atoms with E-state index in [9.17, 15) is 0 Å². The fourth-order valence-electron chi connectivity index (χ4n) is 0.219. The summed E-state index contributed by atoms with van der Waals surface area (Å²) in [6, 6.07) is 0. The van der Waals surface area contributed by atoms with Crippen LogP contribution in [0.3, 0.4) is 0 Å². The van der Waals surface area contributed by atoms with Gasteiger partial charge in [0, 0.05) is 0 Å². The summed E-state index contributed by atoms with van der Waals surface area (Å²) in [5, 5.41) is 15.9. The zero-order valence-corrected chi connectivity index (χ0v) is 7.71. The monoisotopic (exact) mass is 245 g/mol. The number of hydrogen-bond donors (Lipinski definition) is 2. The molecule has 2 N–H and O–H groups in total. The summed E-state index contributed by atoms with van der Waals surface area (Å²) >= 11 is 2.99. The van der Waals surface area contributed by atoms with Crippen molar-refractivity contribution in [3.05, 3.63) is 0 Å². The molecule has 0 aromatic heterocycles. The summed E-state index contributed by atoms with van der Waals surface area (Å²) in [6.07, 6.45) is 0. The lowest BCUT2D eigenvalue weighted by Crippen LogP contribution is -2.13. The fourth-order valence-corrected chi connectivity index (χ4v) is 2.27. The topological polar surface area (TPSA) is 44.1 Å². The molecule has 0 spiro atoms. The first-order valence-electron chi connectivity index (χ1n) is 2.07. The number of rotatable bonds is 1. The second kappa shape index (κ2) is 3.03. The average molecular weight is 245 g/mol. The van der Waals surface area contributed by atoms with Crippen LogP contribution in [0.15, 0.2) is 0 Å². The van der Waals surface area contributed by atoms with Crippen LogP contribution in [0.1, 0.15) is 13.8 Å². The highest BCUT2D eigenvalue weighted by Crippen LogP contribution is 2.23. The summed E-state index contributed by atoms with van der Waals surface area (Å²) in [5.74, 6) is 0. The van der Waals surface area contributed by atoms with Gasteiger partial charge in [0.05, 0.1) is 0 Å². The Morgan fingerprint density at radius 3 is 2.12 bits per heavy atom. The molecule has 0 radical (unpaired) electrons. The van der Waals surface area contributed by atoms with Gasteiger partial charge in [-0.25, -0.2) is 0 Å². The van der Waals surface area contributed by atoms with Gasteiger partial charge < -0.3 is 5.11 Å². The highest BCUT2D eigenvalue weighted by molar-refractivity contribution is 14.1. The number of halogens is 1. The van der Waals surface area contributed by atoms with Crippen LogP contribution >= 0.6 is 34.4 Å². The van der Waals surface area contributed by atoms with Gasteiger partial charge in [-0.2, -0.15) is 0 Å². The lowest BCUT2D eigenvalue weighted by molar-refractivity contribution is 0.180. The molecule has 0 amide bonds. The molecule has 0 rings (SSSR count). The summed E-state index contributed by atoms with van der Waals surface area (Å²) < 4.78 is 0.412. The van der Waals surface area contributed by atoms with Crippen LogP contribution in [-0.2, 0) is 0 Å². The normalized spacial score (nSPS) is 11.5. The van der Waals surface area contributed by atoms with Crippen molar-refractivity contribution in [2.75, 3.05) is 0 Å². The van der Waals surface area contributed by atoms with Gasteiger partial charge in [0.2, 0.25) is 0 Å². The second-order valence-electron chi connectivity index (χ2n) is 1.82. The van der Waals surface area contributed by atoms with E-state index < -0.39 is 4.93 Å². The molecule has 8 heavy (non-hydrogen) atoms. The SMILES string of the molecule is CC(C)(O)SC(=N)I. The van der Waals surface area contributed by atoms with Crippen LogP contribution in [0, 0.1) is 5.41 Å². The predicted octanol–water partition coefficient (Wildman–Crippen LogP) is 1.82. The summed E-state index contributed by atoms with van der Waals surface area (Å²) in [7, 11) is 0. The number of hydrogen-bond acceptors (Lipinski definition) is 3. The third kappa shape index (κ3) is 6.71. The maximum absolute atomic E-state index is 9.01. The molecule has 48 valence electrons. The minimum atomic E-state index is -0.793. The lowest BCUT2D eigenvalue weighted by Gasteiger charge is -2.13. The molecule has 0 fully saturated rings. The Morgan fingerprint density at radius 2 is 2.12 bits per heavy atom. The average Bonchev–Trinajstić information content (AvgIpc) is 1.21. The van der Waals surface area contributed by atoms with Gasteiger partial charge in [0.15, 0.2) is 0 Å². The molecule has 0 heterocycles. The van der Waals surface area contributed by atoms with Gasteiger partial charge in [-0.05, 0) is 36.4 Å². The molecule has 0 unspecified atom stereocenters. The van der Waals surface area contributed by atoms with Crippen molar-refractivity contribution in [3.8, 4) is 0 Å². The Hall–Kier alpha value is 0.710. The zero-order chi connectivity index (χ0) is 6.78. The Labute approximate surface area is 66.7 Å². The fraction of sp³-hybridized carbons (Fsp3) is 0.750. The van der Waals surface area contributed by atoms with Crippen LogP contribution in [0.2, 0.25) is 0 Å². The highest BCUT2D eigenvalue weighted by atomic mass is 127. The summed E-state index contributed by atoms with van der Waals surface area (Å²) in [5.41, 5.74) is 0. The first-order chi connectivity index (χ1) is 3.42. The van der Waals surface area contributed by atoms with Crippen molar-refractivity contribution >= 4 is 37.4 Å². The second-order valence-corrected chi connectivity index (χ2v) is 5.24. The third-order valence-corrected chi connectivity index (χ3v) is 1.68.